The summed E-state index contributed by atoms with van der Waals surface area (Å²) < 4.78 is 2.75. The van der Waals surface area contributed by atoms with E-state index in [1.54, 1.807) is 4.52 Å². The number of urea groups is 1. The van der Waals surface area contributed by atoms with Gasteiger partial charge in [0.1, 0.15) is 12.1 Å². The first-order valence-electron chi connectivity index (χ1n) is 8.84. The fraction of sp³-hybridized carbons (Fsp3) is 0.333. The number of amides is 2. The molecule has 0 bridgehead atoms. The number of aromatic nitrogens is 4. The van der Waals surface area contributed by atoms with Crippen molar-refractivity contribution in [2.24, 2.45) is 0 Å². The molecule has 2 aromatic heterocycles. The minimum Gasteiger partial charge on any atom is -0.356 e. The molecule has 4 rings (SSSR count). The third-order valence-corrected chi connectivity index (χ3v) is 5.15. The lowest BCUT2D eigenvalue weighted by atomic mass is 10.1. The number of anilines is 2. The molecule has 0 saturated carbocycles. The van der Waals surface area contributed by atoms with Gasteiger partial charge in [-0.2, -0.15) is 14.6 Å². The second-order valence-electron chi connectivity index (χ2n) is 6.59. The third-order valence-electron chi connectivity index (χ3n) is 4.62. The zero-order valence-corrected chi connectivity index (χ0v) is 16.5. The number of halogens is 1. The van der Waals surface area contributed by atoms with Crippen LogP contribution >= 0.6 is 15.9 Å². The Hall–Kier alpha value is -2.68. The molecule has 1 aliphatic rings. The number of carbonyl (C=O) groups is 1. The summed E-state index contributed by atoms with van der Waals surface area (Å²) >= 11 is 3.39. The van der Waals surface area contributed by atoms with Crippen LogP contribution in [0.3, 0.4) is 0 Å². The fourth-order valence-electron chi connectivity index (χ4n) is 3.28. The van der Waals surface area contributed by atoms with Crippen molar-refractivity contribution in [1.29, 1.82) is 0 Å². The largest absolute Gasteiger partial charge is 0.356 e. The summed E-state index contributed by atoms with van der Waals surface area (Å²) in [4.78, 5) is 23.1. The van der Waals surface area contributed by atoms with E-state index in [0.29, 0.717) is 5.78 Å². The number of benzene rings is 1. The molecule has 0 radical (unpaired) electrons. The van der Waals surface area contributed by atoms with Crippen LogP contribution in [0.1, 0.15) is 18.5 Å². The Morgan fingerprint density at radius 1 is 1.22 bits per heavy atom. The number of hydrogen-bond donors (Lipinski definition) is 2. The van der Waals surface area contributed by atoms with Gasteiger partial charge in [-0.25, -0.2) is 9.78 Å². The predicted molar refractivity (Wildman–Crippen MR) is 107 cm³/mol. The van der Waals surface area contributed by atoms with Crippen LogP contribution in [-0.4, -0.2) is 44.7 Å². The summed E-state index contributed by atoms with van der Waals surface area (Å²) in [6.07, 6.45) is 3.25. The lowest BCUT2D eigenvalue weighted by Crippen LogP contribution is -2.46. The SMILES string of the molecule is Cc1cc(N2CCC(NC(=O)Nc3ccc(Br)cc3)CC2)n2ncnc2n1. The number of carbonyl (C=O) groups excluding carboxylic acids is 1. The van der Waals surface area contributed by atoms with Crippen LogP contribution in [0.5, 0.6) is 0 Å². The molecule has 0 atom stereocenters. The van der Waals surface area contributed by atoms with Crippen molar-refractivity contribution in [1.82, 2.24) is 24.9 Å². The standard InChI is InChI=1S/C18H20BrN7O/c1-12-10-16(26-17(22-12)20-11-21-26)25-8-6-15(7-9-25)24-18(27)23-14-4-2-13(19)3-5-14/h2-5,10-11,15H,6-9H2,1H3,(H2,23,24,27). The minimum absolute atomic E-state index is 0.144. The number of piperidine rings is 1. The van der Waals surface area contributed by atoms with E-state index in [1.807, 2.05) is 37.3 Å². The summed E-state index contributed by atoms with van der Waals surface area (Å²) in [5.41, 5.74) is 1.69. The van der Waals surface area contributed by atoms with Gasteiger partial charge in [-0.1, -0.05) is 15.9 Å². The maximum absolute atomic E-state index is 12.2. The van der Waals surface area contributed by atoms with Crippen LogP contribution in [0.15, 0.2) is 41.1 Å². The Morgan fingerprint density at radius 3 is 2.70 bits per heavy atom. The summed E-state index contributed by atoms with van der Waals surface area (Å²) in [5, 5.41) is 10.2. The van der Waals surface area contributed by atoms with Gasteiger partial charge >= 0.3 is 6.03 Å². The van der Waals surface area contributed by atoms with Crippen molar-refractivity contribution >= 4 is 39.2 Å². The summed E-state index contributed by atoms with van der Waals surface area (Å²) in [6, 6.07) is 9.52. The molecule has 1 fully saturated rings. The molecule has 0 unspecified atom stereocenters. The van der Waals surface area contributed by atoms with Crippen LogP contribution < -0.4 is 15.5 Å². The van der Waals surface area contributed by atoms with Gasteiger partial charge in [0.2, 0.25) is 0 Å². The Labute approximate surface area is 165 Å². The molecule has 0 aliphatic carbocycles. The maximum atomic E-state index is 12.2. The molecule has 1 saturated heterocycles. The third kappa shape index (κ3) is 4.02. The lowest BCUT2D eigenvalue weighted by Gasteiger charge is -2.33. The first kappa shape index (κ1) is 17.7. The fourth-order valence-corrected chi connectivity index (χ4v) is 3.54. The summed E-state index contributed by atoms with van der Waals surface area (Å²) in [5.74, 6) is 1.60. The Bertz CT molecular complexity index is 948. The first-order valence-corrected chi connectivity index (χ1v) is 9.63. The second kappa shape index (κ2) is 7.51. The molecular weight excluding hydrogens is 410 g/mol. The highest BCUT2D eigenvalue weighted by Gasteiger charge is 2.23. The summed E-state index contributed by atoms with van der Waals surface area (Å²) in [6.45, 7) is 3.63. The predicted octanol–water partition coefficient (Wildman–Crippen LogP) is 2.99. The van der Waals surface area contributed by atoms with E-state index in [1.165, 1.54) is 6.33 Å². The van der Waals surface area contributed by atoms with E-state index in [2.05, 4.69) is 46.5 Å². The van der Waals surface area contributed by atoms with Crippen LogP contribution in [-0.2, 0) is 0 Å². The number of aryl methyl sites for hydroxylation is 1. The van der Waals surface area contributed by atoms with Gasteiger partial charge in [-0.3, -0.25) is 0 Å². The number of rotatable bonds is 3. The first-order chi connectivity index (χ1) is 13.1. The zero-order valence-electron chi connectivity index (χ0n) is 14.9. The van der Waals surface area contributed by atoms with E-state index in [9.17, 15) is 4.79 Å². The molecule has 1 aliphatic heterocycles. The number of nitrogens with one attached hydrogen (secondary N) is 2. The Balaban J connectivity index is 1.35. The van der Waals surface area contributed by atoms with E-state index in [4.69, 9.17) is 0 Å². The zero-order chi connectivity index (χ0) is 18.8. The van der Waals surface area contributed by atoms with Gasteiger partial charge in [-0.05, 0) is 44.0 Å². The number of hydrogen-bond acceptors (Lipinski definition) is 5. The molecule has 2 N–H and O–H groups in total. The van der Waals surface area contributed by atoms with E-state index < -0.39 is 0 Å². The van der Waals surface area contributed by atoms with Crippen molar-refractivity contribution in [3.63, 3.8) is 0 Å². The van der Waals surface area contributed by atoms with Gasteiger partial charge in [0.15, 0.2) is 0 Å². The van der Waals surface area contributed by atoms with Crippen LogP contribution in [0, 0.1) is 6.92 Å². The molecule has 3 aromatic rings. The molecule has 9 heteroatoms. The monoisotopic (exact) mass is 429 g/mol. The molecule has 27 heavy (non-hydrogen) atoms. The van der Waals surface area contributed by atoms with Gasteiger partial charge in [0.25, 0.3) is 5.78 Å². The number of nitrogens with zero attached hydrogens (tertiary/aromatic N) is 5. The maximum Gasteiger partial charge on any atom is 0.319 e. The smallest absolute Gasteiger partial charge is 0.319 e. The second-order valence-corrected chi connectivity index (χ2v) is 7.51. The van der Waals surface area contributed by atoms with Crippen molar-refractivity contribution in [2.75, 3.05) is 23.3 Å². The quantitative estimate of drug-likeness (QED) is 0.667. The van der Waals surface area contributed by atoms with Gasteiger partial charge in [-0.15, -0.1) is 0 Å². The Morgan fingerprint density at radius 2 is 1.96 bits per heavy atom. The molecule has 0 spiro atoms. The summed E-state index contributed by atoms with van der Waals surface area (Å²) in [7, 11) is 0. The highest BCUT2D eigenvalue weighted by Crippen LogP contribution is 2.21. The van der Waals surface area contributed by atoms with Gasteiger partial charge < -0.3 is 15.5 Å². The van der Waals surface area contributed by atoms with Crippen LogP contribution in [0.2, 0.25) is 0 Å². The average Bonchev–Trinajstić information content (AvgIpc) is 3.12. The molecular formula is C18H20BrN7O. The number of fused-ring (bicyclic) bond motifs is 1. The van der Waals surface area contributed by atoms with Gasteiger partial charge in [0.05, 0.1) is 0 Å². The van der Waals surface area contributed by atoms with Gasteiger partial charge in [0, 0.05) is 41.1 Å². The molecule has 140 valence electrons. The molecule has 8 nitrogen and oxygen atoms in total. The molecule has 1 aromatic carbocycles. The highest BCUT2D eigenvalue weighted by atomic mass is 79.9. The minimum atomic E-state index is -0.172. The lowest BCUT2D eigenvalue weighted by molar-refractivity contribution is 0.246. The highest BCUT2D eigenvalue weighted by molar-refractivity contribution is 9.10. The Kier molecular flexibility index (Phi) is 4.93. The van der Waals surface area contributed by atoms with Crippen molar-refractivity contribution in [2.45, 2.75) is 25.8 Å². The van der Waals surface area contributed by atoms with Crippen LogP contribution in [0.4, 0.5) is 16.3 Å². The van der Waals surface area contributed by atoms with Crippen molar-refractivity contribution in [3.8, 4) is 0 Å². The van der Waals surface area contributed by atoms with E-state index in [0.717, 1.165) is 47.6 Å². The normalized spacial score (nSPS) is 15.1. The van der Waals surface area contributed by atoms with E-state index in [-0.39, 0.29) is 12.1 Å². The topological polar surface area (TPSA) is 87.5 Å². The van der Waals surface area contributed by atoms with E-state index >= 15 is 0 Å². The van der Waals surface area contributed by atoms with Crippen molar-refractivity contribution < 1.29 is 4.79 Å². The molecule has 2 amide bonds. The molecule has 3 heterocycles. The average molecular weight is 430 g/mol. The van der Waals surface area contributed by atoms with Crippen molar-refractivity contribution in [3.05, 3.63) is 46.8 Å². The van der Waals surface area contributed by atoms with Crippen LogP contribution in [0.25, 0.3) is 5.78 Å².